The van der Waals surface area contributed by atoms with Crippen LogP contribution in [-0.4, -0.2) is 32.1 Å². The predicted octanol–water partition coefficient (Wildman–Crippen LogP) is 3.08. The van der Waals surface area contributed by atoms with E-state index in [-0.39, 0.29) is 11.8 Å². The normalized spacial score (nSPS) is 11.4. The van der Waals surface area contributed by atoms with Gasteiger partial charge in [-0.1, -0.05) is 0 Å². The van der Waals surface area contributed by atoms with Crippen molar-refractivity contribution >= 4 is 23.2 Å². The summed E-state index contributed by atoms with van der Waals surface area (Å²) < 4.78 is 10.7. The molecule has 0 aromatic heterocycles. The summed E-state index contributed by atoms with van der Waals surface area (Å²) >= 11 is 0. The van der Waals surface area contributed by atoms with E-state index in [0.29, 0.717) is 11.4 Å². The molecule has 6 nitrogen and oxygen atoms in total. The van der Waals surface area contributed by atoms with Crippen LogP contribution >= 0.6 is 0 Å². The second kappa shape index (κ2) is 8.19. The van der Waals surface area contributed by atoms with Crippen LogP contribution in [0.4, 0.5) is 11.4 Å². The van der Waals surface area contributed by atoms with E-state index in [1.54, 1.807) is 69.6 Å². The molecular formula is C19H22N2O4. The van der Waals surface area contributed by atoms with Gasteiger partial charge in [-0.3, -0.25) is 9.59 Å². The van der Waals surface area contributed by atoms with Crippen LogP contribution in [0.25, 0.3) is 0 Å². The van der Waals surface area contributed by atoms with Gasteiger partial charge < -0.3 is 19.7 Å². The van der Waals surface area contributed by atoms with Crippen molar-refractivity contribution in [3.8, 4) is 11.5 Å². The molecule has 1 atom stereocenters. The Bertz CT molecular complexity index is 726. The quantitative estimate of drug-likeness (QED) is 0.876. The summed E-state index contributed by atoms with van der Waals surface area (Å²) in [6.07, 6.45) is -0.659. The Kier molecular flexibility index (Phi) is 6.00. The minimum absolute atomic E-state index is 0.0571. The van der Waals surface area contributed by atoms with Gasteiger partial charge in [0.25, 0.3) is 5.91 Å². The molecule has 2 aromatic carbocycles. The summed E-state index contributed by atoms with van der Waals surface area (Å²) in [4.78, 5) is 25.1. The Balaban J connectivity index is 1.94. The Morgan fingerprint density at radius 1 is 1.00 bits per heavy atom. The van der Waals surface area contributed by atoms with E-state index in [9.17, 15) is 9.59 Å². The molecule has 25 heavy (non-hydrogen) atoms. The Morgan fingerprint density at radius 3 is 2.08 bits per heavy atom. The maximum absolute atomic E-state index is 12.2. The van der Waals surface area contributed by atoms with Gasteiger partial charge in [0.1, 0.15) is 11.5 Å². The number of rotatable bonds is 6. The van der Waals surface area contributed by atoms with Crippen molar-refractivity contribution in [1.82, 2.24) is 0 Å². The molecule has 0 fully saturated rings. The highest BCUT2D eigenvalue weighted by molar-refractivity contribution is 5.95. The first-order chi connectivity index (χ1) is 11.9. The number of carbonyl (C=O) groups is 2. The van der Waals surface area contributed by atoms with Crippen LogP contribution in [0.1, 0.15) is 13.8 Å². The number of ether oxygens (including phenoxy) is 2. The average molecular weight is 342 g/mol. The fraction of sp³-hybridized carbons (Fsp3) is 0.263. The zero-order chi connectivity index (χ0) is 18.4. The molecule has 132 valence electrons. The number of benzene rings is 2. The van der Waals surface area contributed by atoms with E-state index >= 15 is 0 Å². The number of anilines is 2. The van der Waals surface area contributed by atoms with Crippen molar-refractivity contribution in [3.05, 3.63) is 48.5 Å². The van der Waals surface area contributed by atoms with Crippen LogP contribution in [0, 0.1) is 0 Å². The zero-order valence-electron chi connectivity index (χ0n) is 14.8. The van der Waals surface area contributed by atoms with Crippen molar-refractivity contribution in [3.63, 3.8) is 0 Å². The summed E-state index contributed by atoms with van der Waals surface area (Å²) in [5.41, 5.74) is 1.39. The van der Waals surface area contributed by atoms with Gasteiger partial charge >= 0.3 is 0 Å². The molecule has 0 bridgehead atoms. The lowest BCUT2D eigenvalue weighted by Gasteiger charge is -2.17. The van der Waals surface area contributed by atoms with Gasteiger partial charge in [0.2, 0.25) is 5.91 Å². The van der Waals surface area contributed by atoms with Gasteiger partial charge in [-0.25, -0.2) is 0 Å². The SMILES string of the molecule is COc1ccc(OC(C)C(=O)Nc2ccc(N(C)C(C)=O)cc2)cc1. The van der Waals surface area contributed by atoms with Gasteiger partial charge in [0.15, 0.2) is 6.10 Å². The fourth-order valence-electron chi connectivity index (χ4n) is 2.11. The lowest BCUT2D eigenvalue weighted by atomic mass is 10.2. The van der Waals surface area contributed by atoms with Crippen LogP contribution in [-0.2, 0) is 9.59 Å². The number of methoxy groups -OCH3 is 1. The molecule has 2 aromatic rings. The van der Waals surface area contributed by atoms with Crippen LogP contribution < -0.4 is 19.7 Å². The number of nitrogens with zero attached hydrogens (tertiary/aromatic N) is 1. The Hall–Kier alpha value is -3.02. The topological polar surface area (TPSA) is 67.9 Å². The van der Waals surface area contributed by atoms with Gasteiger partial charge in [0, 0.05) is 25.3 Å². The number of hydrogen-bond donors (Lipinski definition) is 1. The van der Waals surface area contributed by atoms with Crippen LogP contribution in [0.3, 0.4) is 0 Å². The molecule has 0 saturated heterocycles. The van der Waals surface area contributed by atoms with E-state index in [4.69, 9.17) is 9.47 Å². The second-order valence-electron chi connectivity index (χ2n) is 5.55. The van der Waals surface area contributed by atoms with Gasteiger partial charge in [-0.15, -0.1) is 0 Å². The van der Waals surface area contributed by atoms with Crippen LogP contribution in [0.15, 0.2) is 48.5 Å². The van der Waals surface area contributed by atoms with Gasteiger partial charge in [0.05, 0.1) is 7.11 Å². The molecule has 2 rings (SSSR count). The predicted molar refractivity (Wildman–Crippen MR) is 97.2 cm³/mol. The highest BCUT2D eigenvalue weighted by atomic mass is 16.5. The first kappa shape index (κ1) is 18.3. The monoisotopic (exact) mass is 342 g/mol. The fourth-order valence-corrected chi connectivity index (χ4v) is 2.11. The smallest absolute Gasteiger partial charge is 0.265 e. The summed E-state index contributed by atoms with van der Waals surface area (Å²) in [5, 5.41) is 2.79. The zero-order valence-corrected chi connectivity index (χ0v) is 14.8. The van der Waals surface area contributed by atoms with Crippen molar-refractivity contribution in [1.29, 1.82) is 0 Å². The maximum atomic E-state index is 12.2. The van der Waals surface area contributed by atoms with E-state index in [0.717, 1.165) is 11.4 Å². The molecular weight excluding hydrogens is 320 g/mol. The lowest BCUT2D eigenvalue weighted by molar-refractivity contribution is -0.122. The molecule has 0 aliphatic heterocycles. The molecule has 0 aliphatic rings. The van der Waals surface area contributed by atoms with Crippen LogP contribution in [0.5, 0.6) is 11.5 Å². The summed E-state index contributed by atoms with van der Waals surface area (Å²) in [6, 6.07) is 14.1. The number of hydrogen-bond acceptors (Lipinski definition) is 4. The van der Waals surface area contributed by atoms with Crippen LogP contribution in [0.2, 0.25) is 0 Å². The molecule has 1 N–H and O–H groups in total. The molecule has 6 heteroatoms. The van der Waals surface area contributed by atoms with Gasteiger partial charge in [-0.2, -0.15) is 0 Å². The largest absolute Gasteiger partial charge is 0.497 e. The second-order valence-corrected chi connectivity index (χ2v) is 5.55. The number of nitrogens with one attached hydrogen (secondary N) is 1. The highest BCUT2D eigenvalue weighted by Gasteiger charge is 2.15. The van der Waals surface area contributed by atoms with Gasteiger partial charge in [-0.05, 0) is 55.5 Å². The minimum atomic E-state index is -0.659. The molecule has 0 aliphatic carbocycles. The van der Waals surface area contributed by atoms with E-state index in [2.05, 4.69) is 5.32 Å². The molecule has 1 unspecified atom stereocenters. The molecule has 0 saturated carbocycles. The van der Waals surface area contributed by atoms with E-state index in [1.807, 2.05) is 0 Å². The number of carbonyl (C=O) groups excluding carboxylic acids is 2. The van der Waals surface area contributed by atoms with Crippen molar-refractivity contribution in [2.75, 3.05) is 24.4 Å². The summed E-state index contributed by atoms with van der Waals surface area (Å²) in [6.45, 7) is 3.17. The third-order valence-electron chi connectivity index (χ3n) is 3.74. The summed E-state index contributed by atoms with van der Waals surface area (Å²) in [5.74, 6) is 0.990. The number of amides is 2. The molecule has 2 amide bonds. The maximum Gasteiger partial charge on any atom is 0.265 e. The first-order valence-corrected chi connectivity index (χ1v) is 7.86. The third kappa shape index (κ3) is 4.97. The first-order valence-electron chi connectivity index (χ1n) is 7.86. The Labute approximate surface area is 147 Å². The van der Waals surface area contributed by atoms with Crippen molar-refractivity contribution < 1.29 is 19.1 Å². The van der Waals surface area contributed by atoms with E-state index in [1.165, 1.54) is 11.8 Å². The van der Waals surface area contributed by atoms with Crippen molar-refractivity contribution in [2.24, 2.45) is 0 Å². The lowest BCUT2D eigenvalue weighted by Crippen LogP contribution is -2.30. The molecule has 0 radical (unpaired) electrons. The van der Waals surface area contributed by atoms with E-state index < -0.39 is 6.10 Å². The van der Waals surface area contributed by atoms with Crippen molar-refractivity contribution in [2.45, 2.75) is 20.0 Å². The highest BCUT2D eigenvalue weighted by Crippen LogP contribution is 2.20. The standard InChI is InChI=1S/C19H22N2O4/c1-13(25-18-11-9-17(24-4)10-12-18)19(23)20-15-5-7-16(8-6-15)21(3)14(2)22/h5-13H,1-4H3,(H,20,23). The Morgan fingerprint density at radius 2 is 1.56 bits per heavy atom. The average Bonchev–Trinajstić information content (AvgIpc) is 2.62. The molecule has 0 heterocycles. The minimum Gasteiger partial charge on any atom is -0.497 e. The third-order valence-corrected chi connectivity index (χ3v) is 3.74. The molecule has 0 spiro atoms. The summed E-state index contributed by atoms with van der Waals surface area (Å²) in [7, 11) is 3.28.